The van der Waals surface area contributed by atoms with Crippen molar-refractivity contribution in [2.45, 2.75) is 32.7 Å². The fourth-order valence-corrected chi connectivity index (χ4v) is 3.47. The van der Waals surface area contributed by atoms with Crippen LogP contribution in [-0.4, -0.2) is 42.5 Å². The molecule has 5 nitrogen and oxygen atoms in total. The van der Waals surface area contributed by atoms with Crippen molar-refractivity contribution >= 4 is 35.0 Å². The van der Waals surface area contributed by atoms with E-state index in [-0.39, 0.29) is 18.4 Å². The van der Waals surface area contributed by atoms with E-state index in [2.05, 4.69) is 5.32 Å². The van der Waals surface area contributed by atoms with Crippen LogP contribution in [0.4, 0.5) is 0 Å². The second-order valence-electron chi connectivity index (χ2n) is 6.50. The van der Waals surface area contributed by atoms with Crippen molar-refractivity contribution < 1.29 is 14.3 Å². The molecule has 1 unspecified atom stereocenters. The van der Waals surface area contributed by atoms with Gasteiger partial charge in [-0.25, -0.2) is 0 Å². The van der Waals surface area contributed by atoms with Crippen molar-refractivity contribution in [1.82, 2.24) is 10.2 Å². The van der Waals surface area contributed by atoms with Gasteiger partial charge in [0.1, 0.15) is 11.8 Å². The molecule has 0 saturated heterocycles. The minimum absolute atomic E-state index is 0.166. The Labute approximate surface area is 181 Å². The van der Waals surface area contributed by atoms with Gasteiger partial charge >= 0.3 is 0 Å². The average Bonchev–Trinajstić information content (AvgIpc) is 2.71. The maximum Gasteiger partial charge on any atom is 0.261 e. The molecule has 0 aromatic heterocycles. The van der Waals surface area contributed by atoms with Gasteiger partial charge in [0.25, 0.3) is 5.91 Å². The van der Waals surface area contributed by atoms with E-state index in [4.69, 9.17) is 27.9 Å². The Morgan fingerprint density at radius 3 is 2.45 bits per heavy atom. The molecule has 0 fully saturated rings. The maximum absolute atomic E-state index is 13.0. The molecule has 2 amide bonds. The number of halogens is 2. The second-order valence-corrected chi connectivity index (χ2v) is 7.35. The zero-order chi connectivity index (χ0) is 21.2. The maximum atomic E-state index is 13.0. The van der Waals surface area contributed by atoms with Gasteiger partial charge in [0.2, 0.25) is 5.91 Å². The first-order valence-corrected chi connectivity index (χ1v) is 10.4. The molecule has 2 rings (SSSR count). The van der Waals surface area contributed by atoms with Gasteiger partial charge < -0.3 is 15.0 Å². The molecule has 29 heavy (non-hydrogen) atoms. The molecule has 1 N–H and O–H groups in total. The van der Waals surface area contributed by atoms with Crippen LogP contribution in [-0.2, 0) is 16.0 Å². The summed E-state index contributed by atoms with van der Waals surface area (Å²) in [6.07, 6.45) is 1.15. The predicted octanol–water partition coefficient (Wildman–Crippen LogP) is 4.36. The van der Waals surface area contributed by atoms with E-state index in [0.717, 1.165) is 5.56 Å². The van der Waals surface area contributed by atoms with Crippen LogP contribution >= 0.6 is 23.2 Å². The summed E-state index contributed by atoms with van der Waals surface area (Å²) in [5, 5.41) is 3.63. The van der Waals surface area contributed by atoms with Crippen LogP contribution in [0.1, 0.15) is 25.8 Å². The lowest BCUT2D eigenvalue weighted by atomic mass is 10.1. The number of amides is 2. The number of hydrogen-bond donors (Lipinski definition) is 1. The highest BCUT2D eigenvalue weighted by Gasteiger charge is 2.28. The highest BCUT2D eigenvalue weighted by molar-refractivity contribution is 6.35. The number of rotatable bonds is 10. The van der Waals surface area contributed by atoms with E-state index in [0.29, 0.717) is 41.7 Å². The van der Waals surface area contributed by atoms with E-state index in [1.54, 1.807) is 23.1 Å². The largest absolute Gasteiger partial charge is 0.482 e. The van der Waals surface area contributed by atoms with Crippen molar-refractivity contribution in [2.24, 2.45) is 0 Å². The molecule has 0 bridgehead atoms. The lowest BCUT2D eigenvalue weighted by molar-refractivity contribution is -0.142. The van der Waals surface area contributed by atoms with E-state index in [1.165, 1.54) is 0 Å². The first-order chi connectivity index (χ1) is 14.0. The van der Waals surface area contributed by atoms with Crippen LogP contribution in [0.5, 0.6) is 5.75 Å². The lowest BCUT2D eigenvalue weighted by Crippen LogP contribution is -2.51. The van der Waals surface area contributed by atoms with Gasteiger partial charge in [-0.3, -0.25) is 9.59 Å². The number of nitrogens with zero attached hydrogens (tertiary/aromatic N) is 1. The number of carbonyl (C=O) groups is 2. The van der Waals surface area contributed by atoms with Gasteiger partial charge in [0, 0.05) is 18.1 Å². The molecule has 0 saturated carbocycles. The number of hydrogen-bond acceptors (Lipinski definition) is 3. The minimum atomic E-state index is -0.560. The van der Waals surface area contributed by atoms with Crippen molar-refractivity contribution in [3.63, 3.8) is 0 Å². The molecule has 0 spiro atoms. The molecule has 1 atom stereocenters. The topological polar surface area (TPSA) is 58.6 Å². The highest BCUT2D eigenvalue weighted by Crippen LogP contribution is 2.27. The van der Waals surface area contributed by atoms with E-state index >= 15 is 0 Å². The zero-order valence-corrected chi connectivity index (χ0v) is 18.2. The van der Waals surface area contributed by atoms with Gasteiger partial charge in [0.05, 0.1) is 5.02 Å². The van der Waals surface area contributed by atoms with Crippen molar-refractivity contribution in [3.05, 3.63) is 64.1 Å². The molecule has 0 radical (unpaired) electrons. The molecule has 156 valence electrons. The summed E-state index contributed by atoms with van der Waals surface area (Å²) in [6, 6.07) is 14.1. The number of benzene rings is 2. The Morgan fingerprint density at radius 2 is 1.83 bits per heavy atom. The third kappa shape index (κ3) is 6.94. The molecule has 0 aliphatic rings. The Kier molecular flexibility index (Phi) is 9.29. The molecule has 0 heterocycles. The Balaban J connectivity index is 2.12. The smallest absolute Gasteiger partial charge is 0.261 e. The van der Waals surface area contributed by atoms with Gasteiger partial charge in [0.15, 0.2) is 6.61 Å². The summed E-state index contributed by atoms with van der Waals surface area (Å²) >= 11 is 12.0. The van der Waals surface area contributed by atoms with Crippen molar-refractivity contribution in [3.8, 4) is 5.75 Å². The van der Waals surface area contributed by atoms with E-state index < -0.39 is 6.04 Å². The third-order valence-electron chi connectivity index (χ3n) is 4.47. The fourth-order valence-electron chi connectivity index (χ4n) is 3.00. The predicted molar refractivity (Wildman–Crippen MR) is 117 cm³/mol. The minimum Gasteiger partial charge on any atom is -0.482 e. The van der Waals surface area contributed by atoms with Crippen LogP contribution < -0.4 is 10.1 Å². The number of nitrogens with one attached hydrogen (secondary N) is 1. The Hall–Kier alpha value is -2.24. The summed E-state index contributed by atoms with van der Waals surface area (Å²) in [5.74, 6) is -0.0653. The number of carbonyl (C=O) groups excluding carboxylic acids is 2. The molecule has 0 aliphatic heterocycles. The molecule has 2 aromatic rings. The van der Waals surface area contributed by atoms with Crippen LogP contribution in [0.3, 0.4) is 0 Å². The molecule has 7 heteroatoms. The summed E-state index contributed by atoms with van der Waals surface area (Å²) in [5.41, 5.74) is 1.10. The summed E-state index contributed by atoms with van der Waals surface area (Å²) in [7, 11) is 0. The fraction of sp³-hybridized carbons (Fsp3) is 0.364. The quantitative estimate of drug-likeness (QED) is 0.601. The van der Waals surface area contributed by atoms with Crippen LogP contribution in [0.15, 0.2) is 48.5 Å². The molecular formula is C22H26Cl2N2O3. The van der Waals surface area contributed by atoms with Gasteiger partial charge in [-0.1, -0.05) is 60.5 Å². The van der Waals surface area contributed by atoms with Gasteiger partial charge in [-0.15, -0.1) is 0 Å². The SMILES string of the molecule is CCNC(=O)C(CC)N(CCc1ccccc1)C(=O)COc1ccc(Cl)cc1Cl. The van der Waals surface area contributed by atoms with Crippen molar-refractivity contribution in [2.75, 3.05) is 19.7 Å². The molecular weight excluding hydrogens is 411 g/mol. The average molecular weight is 437 g/mol. The molecule has 2 aromatic carbocycles. The summed E-state index contributed by atoms with van der Waals surface area (Å²) < 4.78 is 5.61. The zero-order valence-electron chi connectivity index (χ0n) is 16.7. The van der Waals surface area contributed by atoms with Gasteiger partial charge in [-0.05, 0) is 43.5 Å². The number of ether oxygens (including phenoxy) is 1. The normalized spacial score (nSPS) is 11.6. The summed E-state index contributed by atoms with van der Waals surface area (Å²) in [6.45, 7) is 4.45. The van der Waals surface area contributed by atoms with E-state index in [9.17, 15) is 9.59 Å². The first-order valence-electron chi connectivity index (χ1n) is 9.65. The third-order valence-corrected chi connectivity index (χ3v) is 5.00. The monoisotopic (exact) mass is 436 g/mol. The first kappa shape index (κ1) is 23.0. The van der Waals surface area contributed by atoms with Crippen LogP contribution in [0.25, 0.3) is 0 Å². The number of likely N-dealkylation sites (N-methyl/N-ethyl adjacent to an activating group) is 1. The summed E-state index contributed by atoms with van der Waals surface area (Å²) in [4.78, 5) is 27.1. The Bertz CT molecular complexity index is 815. The van der Waals surface area contributed by atoms with Crippen LogP contribution in [0.2, 0.25) is 10.0 Å². The van der Waals surface area contributed by atoms with Gasteiger partial charge in [-0.2, -0.15) is 0 Å². The van der Waals surface area contributed by atoms with Crippen molar-refractivity contribution in [1.29, 1.82) is 0 Å². The molecule has 0 aliphatic carbocycles. The van der Waals surface area contributed by atoms with Crippen LogP contribution in [0, 0.1) is 0 Å². The lowest BCUT2D eigenvalue weighted by Gasteiger charge is -2.30. The second kappa shape index (κ2) is 11.7. The highest BCUT2D eigenvalue weighted by atomic mass is 35.5. The Morgan fingerprint density at radius 1 is 1.10 bits per heavy atom. The van der Waals surface area contributed by atoms with E-state index in [1.807, 2.05) is 44.2 Å². The standard InChI is InChI=1S/C22H26Cl2N2O3/c1-3-19(22(28)25-4-2)26(13-12-16-8-6-5-7-9-16)21(27)15-29-20-11-10-17(23)14-18(20)24/h5-11,14,19H,3-4,12-13,15H2,1-2H3,(H,25,28).